The van der Waals surface area contributed by atoms with E-state index in [0.29, 0.717) is 30.6 Å². The lowest BCUT2D eigenvalue weighted by Gasteiger charge is -2.36. The number of ether oxygens (including phenoxy) is 1. The SMILES string of the molecule is CCOc1ccc(-n2c(SCC(=O)N3CCN(c4cc(Cl)ccc4C)CC3)nnc2-c2cccs2)cc1. The Morgan fingerprint density at radius 2 is 1.86 bits per heavy atom. The number of hydrogen-bond donors (Lipinski definition) is 0. The Bertz CT molecular complexity index is 1350. The minimum absolute atomic E-state index is 0.103. The molecule has 5 rings (SSSR count). The molecular weight excluding hydrogens is 526 g/mol. The van der Waals surface area contributed by atoms with Crippen molar-refractivity contribution in [3.05, 3.63) is 70.6 Å². The molecule has 1 fully saturated rings. The van der Waals surface area contributed by atoms with Gasteiger partial charge in [-0.25, -0.2) is 0 Å². The van der Waals surface area contributed by atoms with E-state index in [0.717, 1.165) is 45.9 Å². The molecule has 1 amide bonds. The lowest BCUT2D eigenvalue weighted by molar-refractivity contribution is -0.128. The summed E-state index contributed by atoms with van der Waals surface area (Å²) < 4.78 is 7.61. The molecule has 0 N–H and O–H groups in total. The van der Waals surface area contributed by atoms with Crippen molar-refractivity contribution in [3.63, 3.8) is 0 Å². The minimum Gasteiger partial charge on any atom is -0.494 e. The summed E-state index contributed by atoms with van der Waals surface area (Å²) >= 11 is 9.24. The van der Waals surface area contributed by atoms with E-state index < -0.39 is 0 Å². The number of hydrogen-bond acceptors (Lipinski definition) is 7. The second kappa shape index (κ2) is 11.6. The predicted molar refractivity (Wildman–Crippen MR) is 152 cm³/mol. The number of aromatic nitrogens is 3. The molecule has 10 heteroatoms. The van der Waals surface area contributed by atoms with Gasteiger partial charge in [0.1, 0.15) is 5.75 Å². The first-order valence-electron chi connectivity index (χ1n) is 12.2. The van der Waals surface area contributed by atoms with Gasteiger partial charge >= 0.3 is 0 Å². The topological polar surface area (TPSA) is 63.5 Å². The second-order valence-electron chi connectivity index (χ2n) is 8.63. The molecule has 0 radical (unpaired) electrons. The highest BCUT2D eigenvalue weighted by atomic mass is 35.5. The van der Waals surface area contributed by atoms with Crippen LogP contribution in [-0.2, 0) is 4.79 Å². The number of aryl methyl sites for hydroxylation is 1. The minimum atomic E-state index is 0.103. The van der Waals surface area contributed by atoms with E-state index in [2.05, 4.69) is 22.0 Å². The van der Waals surface area contributed by atoms with Crippen molar-refractivity contribution in [2.75, 3.05) is 43.4 Å². The van der Waals surface area contributed by atoms with Crippen molar-refractivity contribution in [1.82, 2.24) is 19.7 Å². The zero-order valence-electron chi connectivity index (χ0n) is 20.8. The zero-order valence-corrected chi connectivity index (χ0v) is 23.2. The van der Waals surface area contributed by atoms with Crippen LogP contribution in [0.3, 0.4) is 0 Å². The van der Waals surface area contributed by atoms with E-state index in [9.17, 15) is 4.79 Å². The fraction of sp³-hybridized carbons (Fsp3) is 0.296. The van der Waals surface area contributed by atoms with Crippen LogP contribution in [0.25, 0.3) is 16.4 Å². The van der Waals surface area contributed by atoms with Gasteiger partial charge in [-0.05, 0) is 67.3 Å². The van der Waals surface area contributed by atoms with E-state index in [4.69, 9.17) is 16.3 Å². The summed E-state index contributed by atoms with van der Waals surface area (Å²) in [5.41, 5.74) is 3.26. The molecule has 1 aliphatic heterocycles. The molecule has 2 aromatic carbocycles. The van der Waals surface area contributed by atoms with Crippen LogP contribution >= 0.6 is 34.7 Å². The smallest absolute Gasteiger partial charge is 0.233 e. The van der Waals surface area contributed by atoms with Crippen molar-refractivity contribution in [2.24, 2.45) is 0 Å². The maximum absolute atomic E-state index is 13.1. The first-order valence-corrected chi connectivity index (χ1v) is 14.4. The van der Waals surface area contributed by atoms with Crippen LogP contribution in [0.15, 0.2) is 65.1 Å². The van der Waals surface area contributed by atoms with E-state index in [1.807, 2.05) is 76.4 Å². The monoisotopic (exact) mass is 553 g/mol. The van der Waals surface area contributed by atoms with Gasteiger partial charge in [0, 0.05) is 36.9 Å². The van der Waals surface area contributed by atoms with E-state index >= 15 is 0 Å². The highest BCUT2D eigenvalue weighted by molar-refractivity contribution is 7.99. The summed E-state index contributed by atoms with van der Waals surface area (Å²) in [6.07, 6.45) is 0. The summed E-state index contributed by atoms with van der Waals surface area (Å²) in [5.74, 6) is 1.98. The van der Waals surface area contributed by atoms with Crippen LogP contribution in [0.5, 0.6) is 5.75 Å². The van der Waals surface area contributed by atoms with Crippen LogP contribution in [0.1, 0.15) is 12.5 Å². The first kappa shape index (κ1) is 25.6. The highest BCUT2D eigenvalue weighted by Crippen LogP contribution is 2.31. The normalized spacial score (nSPS) is 13.7. The van der Waals surface area contributed by atoms with Crippen LogP contribution in [-0.4, -0.2) is 64.1 Å². The number of thiophene rings is 1. The van der Waals surface area contributed by atoms with Crippen LogP contribution in [0.4, 0.5) is 5.69 Å². The lowest BCUT2D eigenvalue weighted by atomic mass is 10.1. The molecule has 0 atom stereocenters. The fourth-order valence-electron chi connectivity index (χ4n) is 4.36. The van der Waals surface area contributed by atoms with Gasteiger partial charge in [0.2, 0.25) is 5.91 Å². The average Bonchev–Trinajstić information content (AvgIpc) is 3.60. The molecule has 3 heterocycles. The highest BCUT2D eigenvalue weighted by Gasteiger charge is 2.24. The van der Waals surface area contributed by atoms with Crippen molar-refractivity contribution in [1.29, 1.82) is 0 Å². The molecule has 37 heavy (non-hydrogen) atoms. The molecule has 0 spiro atoms. The maximum atomic E-state index is 13.1. The Labute approximate surface area is 230 Å². The molecular formula is C27H28ClN5O2S2. The standard InChI is InChI=1S/C27H28ClN5O2S2/c1-3-35-22-10-8-21(9-11-22)33-26(24-5-4-16-36-24)29-30-27(33)37-18-25(34)32-14-12-31(13-15-32)23-17-20(28)7-6-19(23)2/h4-11,16-17H,3,12-15,18H2,1-2H3. The zero-order chi connectivity index (χ0) is 25.8. The number of thioether (sulfide) groups is 1. The molecule has 0 bridgehead atoms. The van der Waals surface area contributed by atoms with Crippen molar-refractivity contribution < 1.29 is 9.53 Å². The largest absolute Gasteiger partial charge is 0.494 e. The summed E-state index contributed by atoms with van der Waals surface area (Å²) in [6.45, 7) is 7.58. The number of carbonyl (C=O) groups is 1. The van der Waals surface area contributed by atoms with Gasteiger partial charge in [-0.15, -0.1) is 21.5 Å². The maximum Gasteiger partial charge on any atom is 0.233 e. The Kier molecular flexibility index (Phi) is 8.02. The molecule has 0 saturated carbocycles. The Morgan fingerprint density at radius 3 is 2.57 bits per heavy atom. The van der Waals surface area contributed by atoms with E-state index in [1.54, 1.807) is 11.3 Å². The average molecular weight is 554 g/mol. The van der Waals surface area contributed by atoms with Gasteiger partial charge in [-0.1, -0.05) is 35.5 Å². The van der Waals surface area contributed by atoms with Crippen molar-refractivity contribution in [2.45, 2.75) is 19.0 Å². The molecule has 1 saturated heterocycles. The van der Waals surface area contributed by atoms with Gasteiger partial charge in [-0.2, -0.15) is 0 Å². The van der Waals surface area contributed by atoms with E-state index in [-0.39, 0.29) is 5.91 Å². The molecule has 7 nitrogen and oxygen atoms in total. The fourth-order valence-corrected chi connectivity index (χ4v) is 6.08. The molecule has 4 aromatic rings. The quantitative estimate of drug-likeness (QED) is 0.257. The molecule has 0 aliphatic carbocycles. The van der Waals surface area contributed by atoms with Crippen LogP contribution < -0.4 is 9.64 Å². The Morgan fingerprint density at radius 1 is 1.08 bits per heavy atom. The van der Waals surface area contributed by atoms with Crippen molar-refractivity contribution >= 4 is 46.3 Å². The second-order valence-corrected chi connectivity index (χ2v) is 11.0. The number of rotatable bonds is 8. The van der Waals surface area contributed by atoms with E-state index in [1.165, 1.54) is 17.3 Å². The summed E-state index contributed by atoms with van der Waals surface area (Å²) in [6, 6.07) is 17.9. The number of piperazine rings is 1. The third-order valence-corrected chi connectivity index (χ3v) is 8.26. The lowest BCUT2D eigenvalue weighted by Crippen LogP contribution is -2.49. The number of nitrogens with zero attached hydrogens (tertiary/aromatic N) is 5. The summed E-state index contributed by atoms with van der Waals surface area (Å²) in [5, 5.41) is 12.4. The van der Waals surface area contributed by atoms with Gasteiger partial charge in [0.15, 0.2) is 11.0 Å². The van der Waals surface area contributed by atoms with Gasteiger partial charge in [-0.3, -0.25) is 9.36 Å². The Balaban J connectivity index is 1.28. The Hall–Kier alpha value is -3.01. The molecule has 192 valence electrons. The number of anilines is 1. The molecule has 1 aliphatic rings. The number of benzene rings is 2. The number of halogens is 1. The van der Waals surface area contributed by atoms with Gasteiger partial charge in [0.05, 0.1) is 22.9 Å². The molecule has 0 unspecified atom stereocenters. The first-order chi connectivity index (χ1) is 18.0. The molecule has 2 aromatic heterocycles. The number of carbonyl (C=O) groups excluding carboxylic acids is 1. The third kappa shape index (κ3) is 5.79. The third-order valence-electron chi connectivity index (χ3n) is 6.25. The summed E-state index contributed by atoms with van der Waals surface area (Å²) in [4.78, 5) is 18.4. The van der Waals surface area contributed by atoms with Gasteiger partial charge < -0.3 is 14.5 Å². The van der Waals surface area contributed by atoms with Crippen LogP contribution in [0.2, 0.25) is 5.02 Å². The number of amides is 1. The van der Waals surface area contributed by atoms with Crippen LogP contribution in [0, 0.1) is 6.92 Å². The van der Waals surface area contributed by atoms with Gasteiger partial charge in [0.25, 0.3) is 0 Å². The van der Waals surface area contributed by atoms with Crippen molar-refractivity contribution in [3.8, 4) is 22.1 Å². The summed E-state index contributed by atoms with van der Waals surface area (Å²) in [7, 11) is 0. The predicted octanol–water partition coefficient (Wildman–Crippen LogP) is 5.80.